The summed E-state index contributed by atoms with van der Waals surface area (Å²) in [6.45, 7) is 2.57. The zero-order valence-electron chi connectivity index (χ0n) is 7.70. The molecule has 0 radical (unpaired) electrons. The molecule has 0 amide bonds. The SMILES string of the molecule is CC(O)C1=NCCc2ccccc21. The Kier molecular flexibility index (Phi) is 2.15. The van der Waals surface area contributed by atoms with Crippen LogP contribution in [0.25, 0.3) is 0 Å². The van der Waals surface area contributed by atoms with E-state index in [1.165, 1.54) is 5.56 Å². The van der Waals surface area contributed by atoms with Gasteiger partial charge in [0.2, 0.25) is 0 Å². The lowest BCUT2D eigenvalue weighted by atomic mass is 9.95. The molecular formula is C11H13NO. The Hall–Kier alpha value is -1.15. The van der Waals surface area contributed by atoms with E-state index in [0.29, 0.717) is 0 Å². The van der Waals surface area contributed by atoms with Crippen LogP contribution in [0.15, 0.2) is 29.3 Å². The first-order valence-electron chi connectivity index (χ1n) is 4.59. The first kappa shape index (κ1) is 8.45. The number of fused-ring (bicyclic) bond motifs is 1. The number of benzene rings is 1. The summed E-state index contributed by atoms with van der Waals surface area (Å²) in [7, 11) is 0. The summed E-state index contributed by atoms with van der Waals surface area (Å²) in [5.74, 6) is 0. The van der Waals surface area contributed by atoms with Gasteiger partial charge in [-0.15, -0.1) is 0 Å². The summed E-state index contributed by atoms with van der Waals surface area (Å²) in [6, 6.07) is 8.15. The van der Waals surface area contributed by atoms with Gasteiger partial charge in [-0.1, -0.05) is 24.3 Å². The van der Waals surface area contributed by atoms with Crippen molar-refractivity contribution in [2.45, 2.75) is 19.4 Å². The Balaban J connectivity index is 2.47. The van der Waals surface area contributed by atoms with Crippen molar-refractivity contribution in [2.24, 2.45) is 4.99 Å². The number of aliphatic imine (C=N–C) groups is 1. The van der Waals surface area contributed by atoms with Crippen LogP contribution in [0.1, 0.15) is 18.1 Å². The summed E-state index contributed by atoms with van der Waals surface area (Å²) < 4.78 is 0. The topological polar surface area (TPSA) is 32.6 Å². The third-order valence-electron chi connectivity index (χ3n) is 2.35. The van der Waals surface area contributed by atoms with Crippen molar-refractivity contribution in [3.8, 4) is 0 Å². The van der Waals surface area contributed by atoms with Gasteiger partial charge in [-0.3, -0.25) is 4.99 Å². The van der Waals surface area contributed by atoms with Crippen LogP contribution in [0.2, 0.25) is 0 Å². The first-order chi connectivity index (χ1) is 6.29. The normalized spacial score (nSPS) is 17.5. The minimum Gasteiger partial charge on any atom is -0.387 e. The van der Waals surface area contributed by atoms with Crippen LogP contribution < -0.4 is 0 Å². The summed E-state index contributed by atoms with van der Waals surface area (Å²) >= 11 is 0. The van der Waals surface area contributed by atoms with Crippen molar-refractivity contribution in [3.05, 3.63) is 35.4 Å². The quantitative estimate of drug-likeness (QED) is 0.687. The highest BCUT2D eigenvalue weighted by Gasteiger charge is 2.16. The smallest absolute Gasteiger partial charge is 0.0933 e. The molecule has 1 aromatic rings. The zero-order chi connectivity index (χ0) is 9.26. The van der Waals surface area contributed by atoms with E-state index in [-0.39, 0.29) is 0 Å². The fourth-order valence-corrected chi connectivity index (χ4v) is 1.73. The van der Waals surface area contributed by atoms with E-state index < -0.39 is 6.10 Å². The lowest BCUT2D eigenvalue weighted by Crippen LogP contribution is -2.23. The molecule has 1 aliphatic heterocycles. The van der Waals surface area contributed by atoms with Gasteiger partial charge in [-0.25, -0.2) is 0 Å². The molecule has 1 aromatic carbocycles. The number of hydrogen-bond donors (Lipinski definition) is 1. The maximum atomic E-state index is 9.49. The molecule has 0 fully saturated rings. The van der Waals surface area contributed by atoms with Crippen molar-refractivity contribution in [2.75, 3.05) is 6.54 Å². The molecule has 1 unspecified atom stereocenters. The standard InChI is InChI=1S/C11H13NO/c1-8(13)11-10-5-3-2-4-9(10)6-7-12-11/h2-5,8,13H,6-7H2,1H3. The molecule has 0 saturated heterocycles. The van der Waals surface area contributed by atoms with E-state index in [1.54, 1.807) is 6.92 Å². The number of nitrogens with zero attached hydrogens (tertiary/aromatic N) is 1. The molecule has 2 nitrogen and oxygen atoms in total. The predicted octanol–water partition coefficient (Wildman–Crippen LogP) is 1.41. The molecule has 2 heteroatoms. The first-order valence-corrected chi connectivity index (χ1v) is 4.59. The van der Waals surface area contributed by atoms with E-state index in [4.69, 9.17) is 0 Å². The number of rotatable bonds is 1. The Morgan fingerprint density at radius 1 is 1.38 bits per heavy atom. The van der Waals surface area contributed by atoms with Gasteiger partial charge in [0.25, 0.3) is 0 Å². The highest BCUT2D eigenvalue weighted by Crippen LogP contribution is 2.17. The van der Waals surface area contributed by atoms with Gasteiger partial charge in [-0.05, 0) is 18.9 Å². The molecule has 1 heterocycles. The van der Waals surface area contributed by atoms with E-state index in [9.17, 15) is 5.11 Å². The van der Waals surface area contributed by atoms with E-state index >= 15 is 0 Å². The zero-order valence-corrected chi connectivity index (χ0v) is 7.70. The maximum Gasteiger partial charge on any atom is 0.0933 e. The average Bonchev–Trinajstić information content (AvgIpc) is 2.17. The molecule has 0 bridgehead atoms. The highest BCUT2D eigenvalue weighted by atomic mass is 16.3. The third kappa shape index (κ3) is 1.49. The molecule has 1 atom stereocenters. The van der Waals surface area contributed by atoms with Crippen LogP contribution in [-0.2, 0) is 6.42 Å². The molecule has 0 saturated carbocycles. The Morgan fingerprint density at radius 3 is 2.92 bits per heavy atom. The number of aliphatic hydroxyl groups is 1. The number of aliphatic hydroxyl groups excluding tert-OH is 1. The second kappa shape index (κ2) is 3.30. The van der Waals surface area contributed by atoms with Gasteiger partial charge in [0.1, 0.15) is 0 Å². The van der Waals surface area contributed by atoms with E-state index in [1.807, 2.05) is 18.2 Å². The van der Waals surface area contributed by atoms with Gasteiger partial charge in [0.05, 0.1) is 11.8 Å². The van der Waals surface area contributed by atoms with Gasteiger partial charge in [-0.2, -0.15) is 0 Å². The fourth-order valence-electron chi connectivity index (χ4n) is 1.73. The second-order valence-electron chi connectivity index (χ2n) is 3.35. The molecular weight excluding hydrogens is 162 g/mol. The monoisotopic (exact) mass is 175 g/mol. The summed E-state index contributed by atoms with van der Waals surface area (Å²) in [5, 5.41) is 9.49. The molecule has 2 rings (SSSR count). The van der Waals surface area contributed by atoms with Crippen LogP contribution in [-0.4, -0.2) is 23.5 Å². The van der Waals surface area contributed by atoms with Crippen molar-refractivity contribution in [1.29, 1.82) is 0 Å². The summed E-state index contributed by atoms with van der Waals surface area (Å²) in [4.78, 5) is 4.34. The van der Waals surface area contributed by atoms with E-state index in [0.717, 1.165) is 24.2 Å². The van der Waals surface area contributed by atoms with Crippen molar-refractivity contribution < 1.29 is 5.11 Å². The summed E-state index contributed by atoms with van der Waals surface area (Å²) in [6.07, 6.45) is 0.535. The lowest BCUT2D eigenvalue weighted by Gasteiger charge is -2.18. The van der Waals surface area contributed by atoms with Gasteiger partial charge in [0, 0.05) is 12.1 Å². The largest absolute Gasteiger partial charge is 0.387 e. The maximum absolute atomic E-state index is 9.49. The molecule has 13 heavy (non-hydrogen) atoms. The highest BCUT2D eigenvalue weighted by molar-refractivity contribution is 6.05. The third-order valence-corrected chi connectivity index (χ3v) is 2.35. The van der Waals surface area contributed by atoms with Crippen LogP contribution in [0.3, 0.4) is 0 Å². The predicted molar refractivity (Wildman–Crippen MR) is 53.2 cm³/mol. The summed E-state index contributed by atoms with van der Waals surface area (Å²) in [5.41, 5.74) is 3.25. The molecule has 68 valence electrons. The van der Waals surface area contributed by atoms with Crippen LogP contribution in [0.4, 0.5) is 0 Å². The van der Waals surface area contributed by atoms with Gasteiger partial charge >= 0.3 is 0 Å². The van der Waals surface area contributed by atoms with Crippen LogP contribution in [0.5, 0.6) is 0 Å². The minimum atomic E-state index is -0.457. The van der Waals surface area contributed by atoms with Crippen molar-refractivity contribution >= 4 is 5.71 Å². The average molecular weight is 175 g/mol. The fraction of sp³-hybridized carbons (Fsp3) is 0.364. The molecule has 0 aromatic heterocycles. The van der Waals surface area contributed by atoms with Crippen molar-refractivity contribution in [1.82, 2.24) is 0 Å². The number of hydrogen-bond acceptors (Lipinski definition) is 2. The lowest BCUT2D eigenvalue weighted by molar-refractivity contribution is 0.262. The molecule has 0 spiro atoms. The molecule has 1 aliphatic rings. The second-order valence-corrected chi connectivity index (χ2v) is 3.35. The van der Waals surface area contributed by atoms with Crippen LogP contribution >= 0.6 is 0 Å². The van der Waals surface area contributed by atoms with Crippen LogP contribution in [0, 0.1) is 0 Å². The molecule has 1 N–H and O–H groups in total. The minimum absolute atomic E-state index is 0.457. The Morgan fingerprint density at radius 2 is 2.15 bits per heavy atom. The van der Waals surface area contributed by atoms with Crippen molar-refractivity contribution in [3.63, 3.8) is 0 Å². The van der Waals surface area contributed by atoms with Gasteiger partial charge < -0.3 is 5.11 Å². The Bertz CT molecular complexity index is 342. The Labute approximate surface area is 77.9 Å². The van der Waals surface area contributed by atoms with Gasteiger partial charge in [0.15, 0.2) is 0 Å². The van der Waals surface area contributed by atoms with E-state index in [2.05, 4.69) is 11.1 Å². The molecule has 0 aliphatic carbocycles.